The average Bonchev–Trinajstić information content (AvgIpc) is 2.59. The number of urea groups is 1. The molecule has 1 saturated carbocycles. The summed E-state index contributed by atoms with van der Waals surface area (Å²) in [5.74, 6) is -0.362. The zero-order valence-corrected chi connectivity index (χ0v) is 17.5. The maximum atomic E-state index is 12.8. The molecule has 29 heavy (non-hydrogen) atoms. The van der Waals surface area contributed by atoms with Gasteiger partial charge in [-0.25, -0.2) is 9.59 Å². The zero-order valence-electron chi connectivity index (χ0n) is 17.5. The lowest BCUT2D eigenvalue weighted by Gasteiger charge is -2.35. The Balaban J connectivity index is 1.93. The van der Waals surface area contributed by atoms with Gasteiger partial charge in [0.05, 0.1) is 17.7 Å². The van der Waals surface area contributed by atoms with Crippen LogP contribution >= 0.6 is 0 Å². The molecule has 0 unspecified atom stereocenters. The molecule has 0 bridgehead atoms. The van der Waals surface area contributed by atoms with E-state index in [0.29, 0.717) is 23.5 Å². The van der Waals surface area contributed by atoms with Crippen molar-refractivity contribution in [2.75, 3.05) is 11.9 Å². The Bertz CT molecular complexity index is 842. The summed E-state index contributed by atoms with van der Waals surface area (Å²) in [5.41, 5.74) is 2.36. The van der Waals surface area contributed by atoms with E-state index < -0.39 is 12.0 Å². The van der Waals surface area contributed by atoms with Gasteiger partial charge in [0.15, 0.2) is 0 Å². The van der Waals surface area contributed by atoms with Gasteiger partial charge in [-0.3, -0.25) is 9.69 Å². The Hall–Kier alpha value is -2.83. The molecule has 3 rings (SSSR count). The summed E-state index contributed by atoms with van der Waals surface area (Å²) in [6.45, 7) is 7.64. The Labute approximate surface area is 171 Å². The van der Waals surface area contributed by atoms with Gasteiger partial charge in [0, 0.05) is 23.8 Å². The van der Waals surface area contributed by atoms with Crippen molar-refractivity contribution in [2.24, 2.45) is 5.92 Å². The second-order valence-corrected chi connectivity index (χ2v) is 7.82. The number of hydrogen-bond donors (Lipinski definition) is 2. The predicted molar refractivity (Wildman–Crippen MR) is 110 cm³/mol. The topological polar surface area (TPSA) is 87.7 Å². The summed E-state index contributed by atoms with van der Waals surface area (Å²) in [6, 6.07) is 6.36. The number of esters is 1. The van der Waals surface area contributed by atoms with Crippen LogP contribution in [0.25, 0.3) is 0 Å². The molecule has 0 spiro atoms. The van der Waals surface area contributed by atoms with E-state index in [1.165, 1.54) is 4.90 Å². The third kappa shape index (κ3) is 4.44. The highest BCUT2D eigenvalue weighted by atomic mass is 16.5. The number of anilines is 1. The van der Waals surface area contributed by atoms with Gasteiger partial charge in [-0.15, -0.1) is 0 Å². The van der Waals surface area contributed by atoms with E-state index in [-0.39, 0.29) is 24.0 Å². The van der Waals surface area contributed by atoms with Crippen molar-refractivity contribution in [1.82, 2.24) is 10.2 Å². The van der Waals surface area contributed by atoms with Gasteiger partial charge in [-0.05, 0) is 58.2 Å². The van der Waals surface area contributed by atoms with Crippen LogP contribution in [0, 0.1) is 5.92 Å². The molecule has 0 radical (unpaired) electrons. The molecule has 1 aliphatic carbocycles. The molecule has 2 N–H and O–H groups in total. The number of benzene rings is 1. The Morgan fingerprint density at radius 2 is 2.03 bits per heavy atom. The Morgan fingerprint density at radius 1 is 1.31 bits per heavy atom. The van der Waals surface area contributed by atoms with Crippen LogP contribution in [-0.4, -0.2) is 35.5 Å². The average molecular weight is 399 g/mol. The third-order valence-corrected chi connectivity index (χ3v) is 5.44. The van der Waals surface area contributed by atoms with Crippen LogP contribution in [0.1, 0.15) is 58.6 Å². The summed E-state index contributed by atoms with van der Waals surface area (Å²) < 4.78 is 5.44. The molecular formula is C22H29N3O4. The highest BCUT2D eigenvalue weighted by Crippen LogP contribution is 2.33. The summed E-state index contributed by atoms with van der Waals surface area (Å²) in [6.07, 6.45) is 2.66. The lowest BCUT2D eigenvalue weighted by molar-refractivity contribution is -0.143. The van der Waals surface area contributed by atoms with Crippen LogP contribution in [0.15, 0.2) is 35.5 Å². The van der Waals surface area contributed by atoms with E-state index in [0.717, 1.165) is 24.8 Å². The van der Waals surface area contributed by atoms with Crippen molar-refractivity contribution in [3.8, 4) is 0 Å². The number of nitrogens with one attached hydrogen (secondary N) is 2. The normalized spacial score (nSPS) is 19.7. The SMILES string of the molecule is CCN1C(=O)N[C@@H](c2cccc(NC(=O)C3CCC3)c2)C(C(=O)OC(C)C)=C1C. The number of allylic oxidation sites excluding steroid dienone is 1. The van der Waals surface area contributed by atoms with Gasteiger partial charge < -0.3 is 15.4 Å². The lowest BCUT2D eigenvalue weighted by atomic mass is 9.85. The quantitative estimate of drug-likeness (QED) is 0.714. The van der Waals surface area contributed by atoms with Crippen molar-refractivity contribution in [2.45, 2.75) is 59.1 Å². The van der Waals surface area contributed by atoms with Crippen molar-refractivity contribution >= 4 is 23.6 Å². The standard InChI is InChI=1S/C22H29N3O4/c1-5-25-14(4)18(21(27)29-13(2)3)19(24-22(25)28)16-10-7-11-17(12-16)23-20(26)15-8-6-9-15/h7,10-13,15,19H,5-6,8-9H2,1-4H3,(H,23,26)(H,24,28)/t19-/m0/s1. The number of ether oxygens (including phenoxy) is 1. The lowest BCUT2D eigenvalue weighted by Crippen LogP contribution is -2.48. The molecule has 1 heterocycles. The van der Waals surface area contributed by atoms with Gasteiger partial charge in [0.1, 0.15) is 0 Å². The molecule has 3 amide bonds. The van der Waals surface area contributed by atoms with Gasteiger partial charge in [0.2, 0.25) is 5.91 Å². The molecule has 156 valence electrons. The fourth-order valence-corrected chi connectivity index (χ4v) is 3.66. The largest absolute Gasteiger partial charge is 0.459 e. The smallest absolute Gasteiger partial charge is 0.338 e. The minimum absolute atomic E-state index is 0.0180. The molecule has 0 saturated heterocycles. The van der Waals surface area contributed by atoms with Crippen LogP contribution in [0.2, 0.25) is 0 Å². The Morgan fingerprint density at radius 3 is 2.62 bits per heavy atom. The number of rotatable bonds is 6. The van der Waals surface area contributed by atoms with E-state index in [2.05, 4.69) is 10.6 Å². The van der Waals surface area contributed by atoms with Crippen molar-refractivity contribution in [3.63, 3.8) is 0 Å². The minimum Gasteiger partial charge on any atom is -0.459 e. The highest BCUT2D eigenvalue weighted by Gasteiger charge is 2.36. The van der Waals surface area contributed by atoms with Crippen LogP contribution in [0.5, 0.6) is 0 Å². The molecule has 7 heteroatoms. The summed E-state index contributed by atoms with van der Waals surface area (Å²) in [4.78, 5) is 39.2. The van der Waals surface area contributed by atoms with Gasteiger partial charge in [-0.2, -0.15) is 0 Å². The van der Waals surface area contributed by atoms with Gasteiger partial charge in [0.25, 0.3) is 0 Å². The predicted octanol–water partition coefficient (Wildman–Crippen LogP) is 3.74. The van der Waals surface area contributed by atoms with Gasteiger partial charge in [-0.1, -0.05) is 18.6 Å². The van der Waals surface area contributed by atoms with Crippen LogP contribution in [-0.2, 0) is 14.3 Å². The first kappa shape index (κ1) is 20.9. The van der Waals surface area contributed by atoms with E-state index in [1.807, 2.05) is 25.1 Å². The number of carbonyl (C=O) groups is 3. The molecule has 1 atom stereocenters. The van der Waals surface area contributed by atoms with Crippen molar-refractivity contribution < 1.29 is 19.1 Å². The van der Waals surface area contributed by atoms with E-state index in [1.54, 1.807) is 26.8 Å². The van der Waals surface area contributed by atoms with Crippen LogP contribution in [0.3, 0.4) is 0 Å². The fourth-order valence-electron chi connectivity index (χ4n) is 3.66. The van der Waals surface area contributed by atoms with Crippen molar-refractivity contribution in [1.29, 1.82) is 0 Å². The van der Waals surface area contributed by atoms with Crippen LogP contribution in [0.4, 0.5) is 10.5 Å². The molecule has 1 aromatic rings. The Kier molecular flexibility index (Phi) is 6.25. The molecular weight excluding hydrogens is 370 g/mol. The summed E-state index contributed by atoms with van der Waals surface area (Å²) in [5, 5.41) is 5.86. The van der Waals surface area contributed by atoms with Crippen LogP contribution < -0.4 is 10.6 Å². The monoisotopic (exact) mass is 399 g/mol. The first-order valence-electron chi connectivity index (χ1n) is 10.2. The molecule has 1 aromatic carbocycles. The molecule has 1 aliphatic heterocycles. The second-order valence-electron chi connectivity index (χ2n) is 7.82. The fraction of sp³-hybridized carbons (Fsp3) is 0.500. The maximum absolute atomic E-state index is 12.8. The van der Waals surface area contributed by atoms with E-state index in [4.69, 9.17) is 4.74 Å². The minimum atomic E-state index is -0.642. The van der Waals surface area contributed by atoms with Crippen molar-refractivity contribution in [3.05, 3.63) is 41.1 Å². The highest BCUT2D eigenvalue weighted by molar-refractivity contribution is 5.96. The zero-order chi connectivity index (χ0) is 21.1. The third-order valence-electron chi connectivity index (χ3n) is 5.44. The molecule has 0 aromatic heterocycles. The first-order chi connectivity index (χ1) is 13.8. The molecule has 7 nitrogen and oxygen atoms in total. The molecule has 2 aliphatic rings. The first-order valence-corrected chi connectivity index (χ1v) is 10.2. The number of amides is 3. The summed E-state index contributed by atoms with van der Waals surface area (Å²) >= 11 is 0. The maximum Gasteiger partial charge on any atom is 0.338 e. The second kappa shape index (κ2) is 8.68. The van der Waals surface area contributed by atoms with E-state index in [9.17, 15) is 14.4 Å². The van der Waals surface area contributed by atoms with E-state index >= 15 is 0 Å². The molecule has 1 fully saturated rings. The number of nitrogens with zero attached hydrogens (tertiary/aromatic N) is 1. The number of hydrogen-bond acceptors (Lipinski definition) is 4. The number of carbonyl (C=O) groups excluding carboxylic acids is 3. The van der Waals surface area contributed by atoms with Gasteiger partial charge >= 0.3 is 12.0 Å². The summed E-state index contributed by atoms with van der Waals surface area (Å²) in [7, 11) is 0.